The van der Waals surface area contributed by atoms with E-state index in [1.54, 1.807) is 17.5 Å². The van der Waals surface area contributed by atoms with Crippen molar-refractivity contribution < 1.29 is 0 Å². The zero-order valence-corrected chi connectivity index (χ0v) is 16.7. The predicted octanol–water partition coefficient (Wildman–Crippen LogP) is 6.21. The monoisotopic (exact) mass is 415 g/mol. The number of anilines is 2. The van der Waals surface area contributed by atoms with Gasteiger partial charge in [0.05, 0.1) is 16.7 Å². The molecule has 5 aromatic rings. The number of thiazole rings is 1. The first-order valence-electron chi connectivity index (χ1n) is 8.92. The van der Waals surface area contributed by atoms with Crippen LogP contribution in [-0.4, -0.2) is 19.9 Å². The van der Waals surface area contributed by atoms with Gasteiger partial charge in [-0.05, 0) is 36.4 Å². The Morgan fingerprint density at radius 1 is 0.828 bits per heavy atom. The largest absolute Gasteiger partial charge is 0.338 e. The Morgan fingerprint density at radius 3 is 2.48 bits per heavy atom. The first kappa shape index (κ1) is 17.7. The van der Waals surface area contributed by atoms with Gasteiger partial charge in [0.25, 0.3) is 0 Å². The molecule has 3 heterocycles. The van der Waals surface area contributed by atoms with Crippen LogP contribution in [0.15, 0.2) is 78.4 Å². The summed E-state index contributed by atoms with van der Waals surface area (Å²) in [6.45, 7) is 0. The second kappa shape index (κ2) is 7.58. The molecule has 0 spiro atoms. The lowest BCUT2D eigenvalue weighted by Crippen LogP contribution is -1.97. The first-order chi connectivity index (χ1) is 14.3. The molecule has 0 unspecified atom stereocenters. The highest BCUT2D eigenvalue weighted by Crippen LogP contribution is 2.31. The summed E-state index contributed by atoms with van der Waals surface area (Å²) in [4.78, 5) is 17.9. The van der Waals surface area contributed by atoms with Crippen molar-refractivity contribution in [2.24, 2.45) is 0 Å². The van der Waals surface area contributed by atoms with Crippen molar-refractivity contribution in [1.29, 1.82) is 0 Å². The lowest BCUT2D eigenvalue weighted by Gasteiger charge is -2.09. The molecule has 0 saturated heterocycles. The van der Waals surface area contributed by atoms with Crippen LogP contribution in [0.5, 0.6) is 0 Å². The van der Waals surface area contributed by atoms with E-state index in [0.29, 0.717) is 11.0 Å². The van der Waals surface area contributed by atoms with Crippen LogP contribution < -0.4 is 5.32 Å². The van der Waals surface area contributed by atoms with E-state index in [-0.39, 0.29) is 0 Å². The Labute approximate surface area is 176 Å². The van der Waals surface area contributed by atoms with E-state index in [1.807, 2.05) is 72.2 Å². The summed E-state index contributed by atoms with van der Waals surface area (Å²) in [5.74, 6) is 0.525. The van der Waals surface area contributed by atoms with Crippen molar-refractivity contribution in [3.8, 4) is 21.8 Å². The number of fused-ring (bicyclic) bond motifs is 1. The molecule has 0 aliphatic carbocycles. The number of aromatic nitrogens is 4. The maximum atomic E-state index is 6.33. The molecule has 0 saturated carbocycles. The van der Waals surface area contributed by atoms with Crippen LogP contribution in [0.1, 0.15) is 0 Å². The minimum atomic E-state index is 0.335. The molecule has 5 rings (SSSR count). The predicted molar refractivity (Wildman–Crippen MR) is 119 cm³/mol. The average Bonchev–Trinajstić information content (AvgIpc) is 3.26. The van der Waals surface area contributed by atoms with E-state index in [1.165, 1.54) is 0 Å². The molecule has 0 aliphatic rings. The molecule has 1 N–H and O–H groups in total. The third-order valence-electron chi connectivity index (χ3n) is 4.36. The zero-order chi connectivity index (χ0) is 19.6. The van der Waals surface area contributed by atoms with Gasteiger partial charge in [-0.2, -0.15) is 0 Å². The van der Waals surface area contributed by atoms with Crippen LogP contribution in [0, 0.1) is 0 Å². The van der Waals surface area contributed by atoms with Gasteiger partial charge in [-0.25, -0.2) is 15.0 Å². The lowest BCUT2D eigenvalue weighted by atomic mass is 10.1. The minimum Gasteiger partial charge on any atom is -0.338 e. The molecule has 29 heavy (non-hydrogen) atoms. The third kappa shape index (κ3) is 3.68. The number of nitrogens with zero attached hydrogens (tertiary/aromatic N) is 4. The summed E-state index contributed by atoms with van der Waals surface area (Å²) in [5.41, 5.74) is 5.35. The lowest BCUT2D eigenvalue weighted by molar-refractivity contribution is 1.28. The van der Waals surface area contributed by atoms with Crippen LogP contribution in [0.4, 0.5) is 11.5 Å². The van der Waals surface area contributed by atoms with Crippen LogP contribution >= 0.6 is 22.9 Å². The molecule has 0 fully saturated rings. The van der Waals surface area contributed by atoms with Gasteiger partial charge in [0, 0.05) is 34.6 Å². The van der Waals surface area contributed by atoms with Crippen LogP contribution in [0.3, 0.4) is 0 Å². The summed E-state index contributed by atoms with van der Waals surface area (Å²) < 4.78 is 0. The standard InChI is InChI=1S/C22H14ClN5S/c23-20-21(27-18-9-2-1-8-17(18)26-20)25-16-7-3-5-14(11-16)19-13-29-22(28-19)15-6-4-10-24-12-15/h1-13H,(H,25,27). The molecule has 0 atom stereocenters. The highest BCUT2D eigenvalue weighted by atomic mass is 35.5. The SMILES string of the molecule is Clc1nc2ccccc2nc1Nc1cccc(-c2csc(-c3cccnc3)n2)c1. The van der Waals surface area contributed by atoms with Crippen molar-refractivity contribution in [3.63, 3.8) is 0 Å². The van der Waals surface area contributed by atoms with Gasteiger partial charge in [-0.15, -0.1) is 11.3 Å². The molecule has 0 radical (unpaired) electrons. The van der Waals surface area contributed by atoms with E-state index >= 15 is 0 Å². The van der Waals surface area contributed by atoms with Gasteiger partial charge in [-0.3, -0.25) is 4.98 Å². The normalized spacial score (nSPS) is 10.9. The van der Waals surface area contributed by atoms with Gasteiger partial charge in [0.2, 0.25) is 0 Å². The maximum Gasteiger partial charge on any atom is 0.172 e. The fourth-order valence-corrected chi connectivity index (χ4v) is 3.98. The molecule has 5 nitrogen and oxygen atoms in total. The molecule has 0 aliphatic heterocycles. The molecule has 2 aromatic carbocycles. The number of halogens is 1. The van der Waals surface area contributed by atoms with E-state index < -0.39 is 0 Å². The van der Waals surface area contributed by atoms with Crippen LogP contribution in [-0.2, 0) is 0 Å². The second-order valence-corrected chi connectivity index (χ2v) is 7.55. The van der Waals surface area contributed by atoms with E-state index in [0.717, 1.165) is 38.5 Å². The molecular weight excluding hydrogens is 402 g/mol. The Balaban J connectivity index is 1.45. The van der Waals surface area contributed by atoms with E-state index in [2.05, 4.69) is 20.3 Å². The second-order valence-electron chi connectivity index (χ2n) is 6.34. The number of pyridine rings is 1. The topological polar surface area (TPSA) is 63.6 Å². The smallest absolute Gasteiger partial charge is 0.172 e. The number of rotatable bonds is 4. The fourth-order valence-electron chi connectivity index (χ4n) is 2.98. The summed E-state index contributed by atoms with van der Waals surface area (Å²) in [7, 11) is 0. The number of para-hydroxylation sites is 2. The summed E-state index contributed by atoms with van der Waals surface area (Å²) in [5, 5.41) is 6.59. The van der Waals surface area contributed by atoms with E-state index in [4.69, 9.17) is 16.6 Å². The average molecular weight is 416 g/mol. The summed E-state index contributed by atoms with van der Waals surface area (Å²) in [6, 6.07) is 19.6. The van der Waals surface area contributed by atoms with Gasteiger partial charge in [-0.1, -0.05) is 35.9 Å². The number of nitrogens with one attached hydrogen (secondary N) is 1. The van der Waals surface area contributed by atoms with Crippen LogP contribution in [0.2, 0.25) is 5.15 Å². The molecule has 0 amide bonds. The van der Waals surface area contributed by atoms with E-state index in [9.17, 15) is 0 Å². The van der Waals surface area contributed by atoms with Crippen molar-refractivity contribution >= 4 is 45.5 Å². The van der Waals surface area contributed by atoms with Crippen molar-refractivity contribution in [3.05, 3.63) is 83.6 Å². The molecule has 7 heteroatoms. The van der Waals surface area contributed by atoms with Gasteiger partial charge in [0.1, 0.15) is 5.01 Å². The fraction of sp³-hybridized carbons (Fsp3) is 0. The van der Waals surface area contributed by atoms with Gasteiger partial charge in [0.15, 0.2) is 11.0 Å². The first-order valence-corrected chi connectivity index (χ1v) is 10.2. The molecular formula is C22H14ClN5S. The zero-order valence-electron chi connectivity index (χ0n) is 15.1. The molecule has 3 aromatic heterocycles. The highest BCUT2D eigenvalue weighted by Gasteiger charge is 2.10. The highest BCUT2D eigenvalue weighted by molar-refractivity contribution is 7.13. The van der Waals surface area contributed by atoms with Crippen molar-refractivity contribution in [1.82, 2.24) is 19.9 Å². The minimum absolute atomic E-state index is 0.335. The van der Waals surface area contributed by atoms with Crippen molar-refractivity contribution in [2.75, 3.05) is 5.32 Å². The van der Waals surface area contributed by atoms with Crippen LogP contribution in [0.25, 0.3) is 32.9 Å². The number of hydrogen-bond donors (Lipinski definition) is 1. The Morgan fingerprint density at radius 2 is 1.66 bits per heavy atom. The summed E-state index contributed by atoms with van der Waals surface area (Å²) >= 11 is 7.92. The molecule has 140 valence electrons. The summed E-state index contributed by atoms with van der Waals surface area (Å²) in [6.07, 6.45) is 3.58. The third-order valence-corrected chi connectivity index (χ3v) is 5.52. The van der Waals surface area contributed by atoms with Gasteiger partial charge >= 0.3 is 0 Å². The number of hydrogen-bond acceptors (Lipinski definition) is 6. The molecule has 0 bridgehead atoms. The van der Waals surface area contributed by atoms with Gasteiger partial charge < -0.3 is 5.32 Å². The Kier molecular flexibility index (Phi) is 4.63. The Hall–Kier alpha value is -3.35. The van der Waals surface area contributed by atoms with Crippen molar-refractivity contribution in [2.45, 2.75) is 0 Å². The quantitative estimate of drug-likeness (QED) is 0.378. The Bertz CT molecular complexity index is 1300. The maximum absolute atomic E-state index is 6.33. The number of benzene rings is 2.